The van der Waals surface area contributed by atoms with Crippen LogP contribution in [0.5, 0.6) is 0 Å². The Balaban J connectivity index is 1.40. The van der Waals surface area contributed by atoms with Crippen LogP contribution in [0.3, 0.4) is 0 Å². The number of hydrogen-bond acceptors (Lipinski definition) is 3. The van der Waals surface area contributed by atoms with Crippen molar-refractivity contribution in [3.63, 3.8) is 0 Å². The van der Waals surface area contributed by atoms with Gasteiger partial charge in [0.1, 0.15) is 11.3 Å². The highest BCUT2D eigenvalue weighted by Crippen LogP contribution is 2.59. The molecule has 3 nitrogen and oxygen atoms in total. The van der Waals surface area contributed by atoms with E-state index in [0.717, 1.165) is 30.0 Å². The lowest BCUT2D eigenvalue weighted by Gasteiger charge is -2.44. The summed E-state index contributed by atoms with van der Waals surface area (Å²) in [5.74, 6) is 1.16. The summed E-state index contributed by atoms with van der Waals surface area (Å²) in [6.07, 6.45) is 22.2. The minimum absolute atomic E-state index is 0.0822. The molecule has 3 atom stereocenters. The third-order valence-corrected chi connectivity index (χ3v) is 10.1. The van der Waals surface area contributed by atoms with Crippen LogP contribution < -0.4 is 10.6 Å². The van der Waals surface area contributed by atoms with Crippen LogP contribution in [0.4, 0.5) is 0 Å². The number of rotatable bonds is 4. The Morgan fingerprint density at radius 1 is 0.739 bits per heavy atom. The minimum atomic E-state index is -0.526. The highest BCUT2D eigenvalue weighted by atomic mass is 16.3. The number of hydrogen-bond donors (Lipinski definition) is 2. The zero-order chi connectivity index (χ0) is 30.5. The van der Waals surface area contributed by atoms with E-state index < -0.39 is 5.41 Å². The van der Waals surface area contributed by atoms with Gasteiger partial charge in [0.2, 0.25) is 0 Å². The third kappa shape index (κ3) is 4.05. The Kier molecular flexibility index (Phi) is 6.31. The van der Waals surface area contributed by atoms with Gasteiger partial charge >= 0.3 is 0 Å². The van der Waals surface area contributed by atoms with Gasteiger partial charge in [0.25, 0.3) is 0 Å². The molecule has 222 valence electrons. The van der Waals surface area contributed by atoms with Crippen LogP contribution in [-0.2, 0) is 5.41 Å². The Hall–Kier alpha value is -5.54. The summed E-state index contributed by atoms with van der Waals surface area (Å²) in [7, 11) is 0. The summed E-state index contributed by atoms with van der Waals surface area (Å²) < 4.78 is 6.84. The molecule has 2 N–H and O–H groups in total. The molecule has 0 amide bonds. The second kappa shape index (κ2) is 10.8. The summed E-state index contributed by atoms with van der Waals surface area (Å²) >= 11 is 0. The number of benzene rings is 4. The Labute approximate surface area is 269 Å². The second-order valence-corrected chi connectivity index (χ2v) is 12.5. The fourth-order valence-corrected chi connectivity index (χ4v) is 8.18. The van der Waals surface area contributed by atoms with E-state index in [1.54, 1.807) is 0 Å². The third-order valence-electron chi connectivity index (χ3n) is 10.1. The molecular formula is C43H34N2O. The van der Waals surface area contributed by atoms with Gasteiger partial charge in [-0.3, -0.25) is 0 Å². The van der Waals surface area contributed by atoms with Crippen LogP contribution in [0.2, 0.25) is 0 Å². The van der Waals surface area contributed by atoms with E-state index in [9.17, 15) is 0 Å². The lowest BCUT2D eigenvalue weighted by atomic mass is 9.57. The Morgan fingerprint density at radius 2 is 1.54 bits per heavy atom. The van der Waals surface area contributed by atoms with Crippen molar-refractivity contribution in [3.8, 4) is 11.3 Å². The molecule has 0 saturated carbocycles. The molecule has 0 radical (unpaired) electrons. The van der Waals surface area contributed by atoms with Crippen LogP contribution in [0.25, 0.3) is 33.4 Å². The lowest BCUT2D eigenvalue weighted by Crippen LogP contribution is -2.40. The van der Waals surface area contributed by atoms with Gasteiger partial charge in [-0.2, -0.15) is 0 Å². The van der Waals surface area contributed by atoms with Crippen LogP contribution in [-0.4, -0.2) is 13.1 Å². The fourth-order valence-electron chi connectivity index (χ4n) is 8.18. The maximum absolute atomic E-state index is 6.84. The van der Waals surface area contributed by atoms with E-state index in [2.05, 4.69) is 163 Å². The predicted octanol–water partition coefficient (Wildman–Crippen LogP) is 9.27. The molecule has 9 rings (SSSR count). The molecule has 0 fully saturated rings. The van der Waals surface area contributed by atoms with Crippen molar-refractivity contribution in [1.29, 1.82) is 0 Å². The highest BCUT2D eigenvalue weighted by molar-refractivity contribution is 5.91. The molecule has 2 aliphatic heterocycles. The number of fused-ring (bicyclic) bond motifs is 7. The van der Waals surface area contributed by atoms with Crippen LogP contribution in [0, 0.1) is 5.92 Å². The Bertz CT molecular complexity index is 2190. The number of allylic oxidation sites excluding steroid dienone is 8. The maximum Gasteiger partial charge on any atom is 0.139 e. The summed E-state index contributed by atoms with van der Waals surface area (Å²) in [4.78, 5) is 0. The standard InChI is InChI=1S/C43H34N2O/c1-4-20-38-35(17-1)41-37-19-3-6-22-40(37)46-42(41)36-18-2-5-21-39(36)43(38,33-15-7-11-29(25-33)31-13-9-23-44-27-31)34-16-8-12-30(26-34)32-14-10-24-45-28-32/h1-23,25-26,28,35,38,44-45H,24,27H2. The number of furan rings is 1. The zero-order valence-electron chi connectivity index (χ0n) is 25.5. The average molecular weight is 595 g/mol. The van der Waals surface area contributed by atoms with Crippen LogP contribution in [0.1, 0.15) is 39.3 Å². The predicted molar refractivity (Wildman–Crippen MR) is 189 cm³/mol. The quantitative estimate of drug-likeness (QED) is 0.218. The van der Waals surface area contributed by atoms with E-state index >= 15 is 0 Å². The van der Waals surface area contributed by atoms with E-state index in [0.29, 0.717) is 0 Å². The van der Waals surface area contributed by atoms with E-state index in [-0.39, 0.29) is 11.8 Å². The number of nitrogens with one attached hydrogen (secondary N) is 2. The molecule has 1 aromatic heterocycles. The average Bonchev–Trinajstić information content (AvgIpc) is 3.48. The summed E-state index contributed by atoms with van der Waals surface area (Å²) in [5.41, 5.74) is 11.6. The molecule has 3 heterocycles. The summed E-state index contributed by atoms with van der Waals surface area (Å²) in [6.45, 7) is 1.66. The lowest BCUT2D eigenvalue weighted by molar-refractivity contribution is 0.415. The van der Waals surface area contributed by atoms with Gasteiger partial charge < -0.3 is 15.1 Å². The topological polar surface area (TPSA) is 37.2 Å². The Morgan fingerprint density at radius 3 is 2.39 bits per heavy atom. The summed E-state index contributed by atoms with van der Waals surface area (Å²) in [6, 6.07) is 36.0. The monoisotopic (exact) mass is 594 g/mol. The molecule has 0 saturated heterocycles. The molecule has 4 aromatic carbocycles. The van der Waals surface area contributed by atoms with Crippen molar-refractivity contribution in [2.45, 2.75) is 11.3 Å². The smallest absolute Gasteiger partial charge is 0.139 e. The molecule has 2 aliphatic carbocycles. The SMILES string of the molecule is C1=CNCC(c2cccc(C3(c4cccc(C5=CNCC=C5)c4)c4ccccc4-c4oc5ccccc5c4C4C=CC=CC43)c2)=C1. The molecular weight excluding hydrogens is 560 g/mol. The van der Waals surface area contributed by atoms with E-state index in [1.165, 1.54) is 49.9 Å². The first-order chi connectivity index (χ1) is 22.8. The van der Waals surface area contributed by atoms with Gasteiger partial charge in [-0.15, -0.1) is 0 Å². The molecule has 0 bridgehead atoms. The van der Waals surface area contributed by atoms with Gasteiger partial charge in [0.15, 0.2) is 0 Å². The molecule has 3 unspecified atom stereocenters. The molecule has 5 aromatic rings. The number of dihydropyridines is 2. The largest absolute Gasteiger partial charge is 0.456 e. The van der Waals surface area contributed by atoms with Crippen molar-refractivity contribution in [2.24, 2.45) is 5.92 Å². The van der Waals surface area contributed by atoms with Gasteiger partial charge in [-0.1, -0.05) is 127 Å². The number of para-hydroxylation sites is 1. The maximum atomic E-state index is 6.84. The molecule has 3 heteroatoms. The highest BCUT2D eigenvalue weighted by Gasteiger charge is 2.51. The minimum Gasteiger partial charge on any atom is -0.456 e. The summed E-state index contributed by atoms with van der Waals surface area (Å²) in [5, 5.41) is 8.02. The molecule has 0 spiro atoms. The first kappa shape index (κ1) is 26.8. The van der Waals surface area contributed by atoms with Gasteiger partial charge in [-0.05, 0) is 63.4 Å². The van der Waals surface area contributed by atoms with Crippen molar-refractivity contribution >= 4 is 22.1 Å². The second-order valence-electron chi connectivity index (χ2n) is 12.5. The molecule has 46 heavy (non-hydrogen) atoms. The van der Waals surface area contributed by atoms with Gasteiger partial charge in [0, 0.05) is 47.6 Å². The molecule has 4 aliphatic rings. The first-order valence-corrected chi connectivity index (χ1v) is 16.2. The van der Waals surface area contributed by atoms with Gasteiger partial charge in [0.05, 0.1) is 5.41 Å². The zero-order valence-corrected chi connectivity index (χ0v) is 25.5. The van der Waals surface area contributed by atoms with Crippen molar-refractivity contribution in [1.82, 2.24) is 10.6 Å². The van der Waals surface area contributed by atoms with E-state index in [1.807, 2.05) is 6.20 Å². The van der Waals surface area contributed by atoms with Crippen molar-refractivity contribution in [3.05, 3.63) is 191 Å². The fraction of sp³-hybridized carbons (Fsp3) is 0.116. The van der Waals surface area contributed by atoms with Crippen molar-refractivity contribution in [2.75, 3.05) is 13.1 Å². The normalized spacial score (nSPS) is 22.5. The van der Waals surface area contributed by atoms with Crippen LogP contribution in [0.15, 0.2) is 162 Å². The van der Waals surface area contributed by atoms with Gasteiger partial charge in [-0.25, -0.2) is 0 Å². The van der Waals surface area contributed by atoms with Crippen molar-refractivity contribution < 1.29 is 4.42 Å². The first-order valence-electron chi connectivity index (χ1n) is 16.2. The van der Waals surface area contributed by atoms with E-state index in [4.69, 9.17) is 4.42 Å². The van der Waals surface area contributed by atoms with Crippen LogP contribution >= 0.6 is 0 Å².